The summed E-state index contributed by atoms with van der Waals surface area (Å²) >= 11 is 0. The minimum atomic E-state index is -0.759. The van der Waals surface area contributed by atoms with Crippen molar-refractivity contribution < 1.29 is 28.6 Å². The minimum absolute atomic E-state index is 0.0627. The summed E-state index contributed by atoms with van der Waals surface area (Å²) in [6.07, 6.45) is 72.0. The van der Waals surface area contributed by atoms with E-state index in [1.54, 1.807) is 0 Å². The maximum absolute atomic E-state index is 12.8. The first-order valence-corrected chi connectivity index (χ1v) is 33.0. The van der Waals surface area contributed by atoms with E-state index in [0.717, 1.165) is 64.2 Å². The molecule has 0 heterocycles. The number of rotatable bonds is 62. The number of hydrogen-bond donors (Lipinski definition) is 0. The first-order valence-electron chi connectivity index (χ1n) is 33.0. The van der Waals surface area contributed by atoms with Crippen LogP contribution in [0.2, 0.25) is 0 Å². The van der Waals surface area contributed by atoms with Gasteiger partial charge in [-0.2, -0.15) is 0 Å². The van der Waals surface area contributed by atoms with Gasteiger partial charge in [-0.05, 0) is 19.3 Å². The van der Waals surface area contributed by atoms with Gasteiger partial charge in [0.2, 0.25) is 0 Å². The summed E-state index contributed by atoms with van der Waals surface area (Å²) in [6.45, 7) is 6.62. The van der Waals surface area contributed by atoms with Crippen LogP contribution in [0, 0.1) is 0 Å². The molecule has 1 atom stereocenters. The van der Waals surface area contributed by atoms with Crippen molar-refractivity contribution in [1.29, 1.82) is 0 Å². The second-order valence-corrected chi connectivity index (χ2v) is 22.8. The topological polar surface area (TPSA) is 78.9 Å². The first kappa shape index (κ1) is 70.4. The largest absolute Gasteiger partial charge is 0.462 e. The second-order valence-electron chi connectivity index (χ2n) is 22.8. The monoisotopic (exact) mass is 1020 g/mol. The summed E-state index contributed by atoms with van der Waals surface area (Å²) in [5.41, 5.74) is 0. The Morgan fingerprint density at radius 1 is 0.222 bits per heavy atom. The molecule has 6 nitrogen and oxygen atoms in total. The van der Waals surface area contributed by atoms with Crippen molar-refractivity contribution in [3.05, 3.63) is 0 Å². The Morgan fingerprint density at radius 3 is 0.556 bits per heavy atom. The van der Waals surface area contributed by atoms with Gasteiger partial charge in [-0.1, -0.05) is 348 Å². The lowest BCUT2D eigenvalue weighted by atomic mass is 10.0. The van der Waals surface area contributed by atoms with Crippen LogP contribution in [0.1, 0.15) is 387 Å². The molecule has 0 saturated heterocycles. The molecule has 0 aromatic heterocycles. The fraction of sp³-hybridized carbons (Fsp3) is 0.955. The van der Waals surface area contributed by atoms with Gasteiger partial charge >= 0.3 is 17.9 Å². The van der Waals surface area contributed by atoms with Gasteiger partial charge in [-0.25, -0.2) is 0 Å². The van der Waals surface area contributed by atoms with Gasteiger partial charge in [-0.3, -0.25) is 14.4 Å². The van der Waals surface area contributed by atoms with Gasteiger partial charge in [-0.15, -0.1) is 0 Å². The zero-order valence-electron chi connectivity index (χ0n) is 49.2. The van der Waals surface area contributed by atoms with Crippen molar-refractivity contribution in [1.82, 2.24) is 0 Å². The number of carbonyl (C=O) groups is 3. The molecule has 0 aromatic rings. The lowest BCUT2D eigenvalue weighted by molar-refractivity contribution is -0.167. The minimum Gasteiger partial charge on any atom is -0.462 e. The van der Waals surface area contributed by atoms with Crippen LogP contribution in [-0.2, 0) is 28.6 Å². The summed E-state index contributed by atoms with van der Waals surface area (Å²) < 4.78 is 16.8. The lowest BCUT2D eigenvalue weighted by Gasteiger charge is -2.18. The number of ether oxygens (including phenoxy) is 3. The smallest absolute Gasteiger partial charge is 0.306 e. The molecule has 0 aliphatic heterocycles. The van der Waals surface area contributed by atoms with Crippen LogP contribution in [0.5, 0.6) is 0 Å². The molecule has 6 heteroatoms. The Kier molecular flexibility index (Phi) is 60.6. The Labute approximate surface area is 450 Å². The maximum atomic E-state index is 12.8. The maximum Gasteiger partial charge on any atom is 0.306 e. The molecule has 0 aliphatic carbocycles. The summed E-state index contributed by atoms with van der Waals surface area (Å²) in [4.78, 5) is 37.8. The Bertz CT molecular complexity index is 1080. The van der Waals surface area contributed by atoms with E-state index in [4.69, 9.17) is 14.2 Å². The van der Waals surface area contributed by atoms with E-state index >= 15 is 0 Å². The molecular weight excluding hydrogens is 889 g/mol. The van der Waals surface area contributed by atoms with Crippen LogP contribution in [0.25, 0.3) is 0 Å². The molecule has 72 heavy (non-hydrogen) atoms. The third-order valence-corrected chi connectivity index (χ3v) is 15.4. The summed E-state index contributed by atoms with van der Waals surface area (Å²) in [5, 5.41) is 0. The van der Waals surface area contributed by atoms with E-state index in [1.165, 1.54) is 283 Å². The SMILES string of the molecule is CCCCCCCCCCCCCCCCCCCCCCCCCCCCCCCCCCCCCC(=O)OCC(COC(=O)CCCCCCC)OC(=O)CCCCCCCCCCCCCCCC. The molecule has 0 rings (SSSR count). The van der Waals surface area contributed by atoms with Gasteiger partial charge in [0.25, 0.3) is 0 Å². The molecule has 0 N–H and O–H groups in total. The molecule has 1 unspecified atom stereocenters. The normalized spacial score (nSPS) is 11.9. The Balaban J connectivity index is 3.78. The van der Waals surface area contributed by atoms with Crippen molar-refractivity contribution in [2.75, 3.05) is 13.2 Å². The van der Waals surface area contributed by atoms with Crippen LogP contribution < -0.4 is 0 Å². The fourth-order valence-corrected chi connectivity index (χ4v) is 10.4. The molecule has 0 bridgehead atoms. The summed E-state index contributed by atoms with van der Waals surface area (Å²) in [5.74, 6) is -0.851. The van der Waals surface area contributed by atoms with Crippen molar-refractivity contribution in [2.24, 2.45) is 0 Å². The van der Waals surface area contributed by atoms with Crippen LogP contribution in [0.4, 0.5) is 0 Å². The lowest BCUT2D eigenvalue weighted by Crippen LogP contribution is -2.30. The van der Waals surface area contributed by atoms with E-state index in [9.17, 15) is 14.4 Å². The highest BCUT2D eigenvalue weighted by molar-refractivity contribution is 5.71. The Hall–Kier alpha value is -1.59. The average molecular weight is 1020 g/mol. The van der Waals surface area contributed by atoms with Crippen molar-refractivity contribution >= 4 is 17.9 Å². The first-order chi connectivity index (χ1) is 35.5. The van der Waals surface area contributed by atoms with Gasteiger partial charge in [0.05, 0.1) is 0 Å². The second kappa shape index (κ2) is 62.0. The van der Waals surface area contributed by atoms with Gasteiger partial charge in [0.15, 0.2) is 6.10 Å². The van der Waals surface area contributed by atoms with E-state index in [0.29, 0.717) is 19.3 Å². The van der Waals surface area contributed by atoms with E-state index < -0.39 is 6.10 Å². The molecule has 0 saturated carbocycles. The van der Waals surface area contributed by atoms with Crippen molar-refractivity contribution in [3.63, 3.8) is 0 Å². The summed E-state index contributed by atoms with van der Waals surface area (Å²) in [6, 6.07) is 0. The van der Waals surface area contributed by atoms with E-state index in [1.807, 2.05) is 0 Å². The Morgan fingerprint density at radius 2 is 0.375 bits per heavy atom. The van der Waals surface area contributed by atoms with Crippen LogP contribution in [0.15, 0.2) is 0 Å². The fourth-order valence-electron chi connectivity index (χ4n) is 10.4. The highest BCUT2D eigenvalue weighted by atomic mass is 16.6. The van der Waals surface area contributed by atoms with Gasteiger partial charge in [0.1, 0.15) is 13.2 Å². The van der Waals surface area contributed by atoms with E-state index in [2.05, 4.69) is 20.8 Å². The van der Waals surface area contributed by atoms with Crippen LogP contribution in [-0.4, -0.2) is 37.2 Å². The number of hydrogen-bond acceptors (Lipinski definition) is 6. The zero-order valence-corrected chi connectivity index (χ0v) is 49.2. The number of carbonyl (C=O) groups excluding carboxylic acids is 3. The molecule has 0 aromatic carbocycles. The molecular formula is C66H128O6. The molecule has 0 spiro atoms. The van der Waals surface area contributed by atoms with Gasteiger partial charge < -0.3 is 14.2 Å². The van der Waals surface area contributed by atoms with Gasteiger partial charge in [0, 0.05) is 19.3 Å². The van der Waals surface area contributed by atoms with E-state index in [-0.39, 0.29) is 31.1 Å². The van der Waals surface area contributed by atoms with Crippen molar-refractivity contribution in [3.8, 4) is 0 Å². The molecule has 0 radical (unpaired) electrons. The van der Waals surface area contributed by atoms with Crippen molar-refractivity contribution in [2.45, 2.75) is 393 Å². The molecule has 0 aliphatic rings. The zero-order chi connectivity index (χ0) is 52.2. The number of esters is 3. The predicted octanol–water partition coefficient (Wildman–Crippen LogP) is 22.3. The quantitative estimate of drug-likeness (QED) is 0.0343. The molecule has 428 valence electrons. The third kappa shape index (κ3) is 59.3. The summed E-state index contributed by atoms with van der Waals surface area (Å²) in [7, 11) is 0. The predicted molar refractivity (Wildman–Crippen MR) is 312 cm³/mol. The highest BCUT2D eigenvalue weighted by Crippen LogP contribution is 2.19. The standard InChI is InChI=1S/C66H128O6/c1-4-7-10-13-15-17-19-21-23-24-25-26-27-28-29-30-31-32-33-34-35-36-37-38-39-40-41-42-43-45-46-48-50-53-56-59-65(68)71-62-63(61-70-64(67)58-55-52-12-9-6-3)72-66(69)60-57-54-51-49-47-44-22-20-18-16-14-11-8-5-2/h63H,4-62H2,1-3H3. The number of unbranched alkanes of at least 4 members (excludes halogenated alkanes) is 51. The highest BCUT2D eigenvalue weighted by Gasteiger charge is 2.19. The molecule has 0 fully saturated rings. The average Bonchev–Trinajstić information content (AvgIpc) is 3.38. The van der Waals surface area contributed by atoms with Crippen LogP contribution in [0.3, 0.4) is 0 Å². The third-order valence-electron chi connectivity index (χ3n) is 15.4. The van der Waals surface area contributed by atoms with Crippen LogP contribution >= 0.6 is 0 Å². The molecule has 0 amide bonds.